The molecule has 2 fully saturated rings. The van der Waals surface area contributed by atoms with Gasteiger partial charge in [0.1, 0.15) is 5.82 Å². The van der Waals surface area contributed by atoms with Crippen LogP contribution in [0.3, 0.4) is 0 Å². The maximum atomic E-state index is 13.8. The molecule has 0 spiro atoms. The van der Waals surface area contributed by atoms with Crippen LogP contribution in [-0.2, 0) is 19.0 Å². The van der Waals surface area contributed by atoms with E-state index >= 15 is 0 Å². The standard InChI is InChI=1S/C29H30FNO4/c1-29(2)34-21(16-22(35-29)17-26(32)33-3)14-15-24-27(18-10-12-20(30)13-11-18)23-6-4-5-7-25(23)31-28(24)19-8-9-19/h4-7,10-15,19,21-22H,8-9,16-17H2,1-3H3/t21-,22-/m1/s1. The summed E-state index contributed by atoms with van der Waals surface area (Å²) in [5, 5.41) is 1.03. The Morgan fingerprint density at radius 2 is 1.89 bits per heavy atom. The fourth-order valence-corrected chi connectivity index (χ4v) is 4.87. The number of nitrogens with zero attached hydrogens (tertiary/aromatic N) is 1. The Morgan fingerprint density at radius 3 is 2.60 bits per heavy atom. The summed E-state index contributed by atoms with van der Waals surface area (Å²) in [6.45, 7) is 3.71. The van der Waals surface area contributed by atoms with E-state index in [4.69, 9.17) is 19.2 Å². The summed E-state index contributed by atoms with van der Waals surface area (Å²) in [5.41, 5.74) is 5.04. The monoisotopic (exact) mass is 475 g/mol. The van der Waals surface area contributed by atoms with Crippen molar-refractivity contribution >= 4 is 22.9 Å². The molecule has 1 aliphatic carbocycles. The lowest BCUT2D eigenvalue weighted by atomic mass is 9.92. The molecule has 35 heavy (non-hydrogen) atoms. The minimum atomic E-state index is -0.827. The summed E-state index contributed by atoms with van der Waals surface area (Å²) in [4.78, 5) is 16.9. The largest absolute Gasteiger partial charge is 0.469 e. The molecule has 1 aromatic heterocycles. The second kappa shape index (κ2) is 9.51. The van der Waals surface area contributed by atoms with E-state index in [0.29, 0.717) is 12.3 Å². The van der Waals surface area contributed by atoms with Crippen molar-refractivity contribution in [1.29, 1.82) is 0 Å². The van der Waals surface area contributed by atoms with Crippen molar-refractivity contribution in [3.63, 3.8) is 0 Å². The summed E-state index contributed by atoms with van der Waals surface area (Å²) in [7, 11) is 1.38. The molecule has 5 rings (SSSR count). The SMILES string of the molecule is COC(=O)C[C@H]1C[C@@H](C=Cc2c(C3CC3)nc3ccccc3c2-c2ccc(F)cc2)OC(C)(C)O1. The summed E-state index contributed by atoms with van der Waals surface area (Å²) >= 11 is 0. The van der Waals surface area contributed by atoms with Crippen molar-refractivity contribution in [2.75, 3.05) is 7.11 Å². The van der Waals surface area contributed by atoms with E-state index in [1.807, 2.05) is 50.3 Å². The summed E-state index contributed by atoms with van der Waals surface area (Å²) in [6.07, 6.45) is 6.53. The Morgan fingerprint density at radius 1 is 1.14 bits per heavy atom. The number of carbonyl (C=O) groups is 1. The van der Waals surface area contributed by atoms with E-state index in [-0.39, 0.29) is 30.4 Å². The molecule has 0 unspecified atom stereocenters. The van der Waals surface area contributed by atoms with E-state index in [9.17, 15) is 9.18 Å². The predicted molar refractivity (Wildman–Crippen MR) is 133 cm³/mol. The van der Waals surface area contributed by atoms with Crippen LogP contribution in [0.25, 0.3) is 28.1 Å². The third-order valence-corrected chi connectivity index (χ3v) is 6.54. The van der Waals surface area contributed by atoms with Crippen molar-refractivity contribution in [1.82, 2.24) is 4.98 Å². The first-order chi connectivity index (χ1) is 16.8. The van der Waals surface area contributed by atoms with Crippen LogP contribution in [0.2, 0.25) is 0 Å². The number of benzene rings is 2. The van der Waals surface area contributed by atoms with Gasteiger partial charge >= 0.3 is 5.97 Å². The highest BCUT2D eigenvalue weighted by molar-refractivity contribution is 5.99. The lowest BCUT2D eigenvalue weighted by Crippen LogP contribution is -2.44. The molecule has 0 N–H and O–H groups in total. The number of hydrogen-bond donors (Lipinski definition) is 0. The maximum absolute atomic E-state index is 13.8. The number of methoxy groups -OCH3 is 1. The average molecular weight is 476 g/mol. The van der Waals surface area contributed by atoms with Crippen LogP contribution in [0, 0.1) is 5.82 Å². The highest BCUT2D eigenvalue weighted by atomic mass is 19.1. The molecule has 3 aromatic rings. The predicted octanol–water partition coefficient (Wildman–Crippen LogP) is 6.40. The van der Waals surface area contributed by atoms with Gasteiger partial charge in [0, 0.05) is 28.9 Å². The van der Waals surface area contributed by atoms with Crippen LogP contribution in [-0.4, -0.2) is 36.1 Å². The molecule has 2 atom stereocenters. The van der Waals surface area contributed by atoms with Gasteiger partial charge in [0.05, 0.1) is 36.9 Å². The normalized spacial score (nSPS) is 21.9. The fourth-order valence-electron chi connectivity index (χ4n) is 4.87. The number of pyridine rings is 1. The maximum Gasteiger partial charge on any atom is 0.308 e. The summed E-state index contributed by atoms with van der Waals surface area (Å²) in [5.74, 6) is -0.977. The van der Waals surface area contributed by atoms with Crippen LogP contribution in [0.1, 0.15) is 56.7 Å². The molecule has 5 nitrogen and oxygen atoms in total. The van der Waals surface area contributed by atoms with Crippen LogP contribution in [0.4, 0.5) is 4.39 Å². The summed E-state index contributed by atoms with van der Waals surface area (Å²) in [6, 6.07) is 14.7. The molecule has 0 bridgehead atoms. The third kappa shape index (κ3) is 5.29. The number of fused-ring (bicyclic) bond motifs is 1. The summed E-state index contributed by atoms with van der Waals surface area (Å²) < 4.78 is 30.7. The van der Waals surface area contributed by atoms with Gasteiger partial charge in [0.2, 0.25) is 0 Å². The van der Waals surface area contributed by atoms with E-state index in [0.717, 1.165) is 46.1 Å². The number of carbonyl (C=O) groups excluding carboxylic acids is 1. The number of para-hydroxylation sites is 1. The Balaban J connectivity index is 1.58. The number of rotatable bonds is 6. The first-order valence-electron chi connectivity index (χ1n) is 12.1. The second-order valence-corrected chi connectivity index (χ2v) is 9.76. The first kappa shape index (κ1) is 23.6. The molecule has 1 saturated carbocycles. The zero-order valence-corrected chi connectivity index (χ0v) is 20.3. The third-order valence-electron chi connectivity index (χ3n) is 6.54. The van der Waals surface area contributed by atoms with E-state index < -0.39 is 5.79 Å². The molecular weight excluding hydrogens is 445 g/mol. The Bertz CT molecular complexity index is 1260. The molecular formula is C29H30FNO4. The molecule has 1 saturated heterocycles. The van der Waals surface area contributed by atoms with Gasteiger partial charge in [0.25, 0.3) is 0 Å². The zero-order valence-electron chi connectivity index (χ0n) is 20.3. The molecule has 2 aromatic carbocycles. The van der Waals surface area contributed by atoms with Crippen LogP contribution < -0.4 is 0 Å². The number of halogens is 1. The van der Waals surface area contributed by atoms with E-state index in [1.165, 1.54) is 19.2 Å². The number of esters is 1. The fraction of sp³-hybridized carbons (Fsp3) is 0.379. The number of ether oxygens (including phenoxy) is 3. The first-order valence-corrected chi connectivity index (χ1v) is 12.1. The van der Waals surface area contributed by atoms with Crippen molar-refractivity contribution in [2.24, 2.45) is 0 Å². The van der Waals surface area contributed by atoms with Gasteiger partial charge in [-0.15, -0.1) is 0 Å². The molecule has 182 valence electrons. The molecule has 2 heterocycles. The van der Waals surface area contributed by atoms with Gasteiger partial charge in [-0.3, -0.25) is 9.78 Å². The zero-order chi connectivity index (χ0) is 24.6. The van der Waals surface area contributed by atoms with Crippen molar-refractivity contribution in [2.45, 2.75) is 63.4 Å². The molecule has 0 amide bonds. The van der Waals surface area contributed by atoms with Crippen molar-refractivity contribution < 1.29 is 23.4 Å². The van der Waals surface area contributed by atoms with Gasteiger partial charge in [-0.05, 0) is 50.5 Å². The van der Waals surface area contributed by atoms with Crippen LogP contribution in [0.5, 0.6) is 0 Å². The van der Waals surface area contributed by atoms with Crippen LogP contribution in [0.15, 0.2) is 54.6 Å². The van der Waals surface area contributed by atoms with Crippen LogP contribution >= 0.6 is 0 Å². The molecule has 1 aliphatic heterocycles. The Kier molecular flexibility index (Phi) is 6.43. The lowest BCUT2D eigenvalue weighted by Gasteiger charge is -2.39. The van der Waals surface area contributed by atoms with E-state index in [2.05, 4.69) is 12.1 Å². The smallest absolute Gasteiger partial charge is 0.308 e. The highest BCUT2D eigenvalue weighted by Crippen LogP contribution is 2.45. The van der Waals surface area contributed by atoms with Gasteiger partial charge in [-0.1, -0.05) is 42.5 Å². The minimum Gasteiger partial charge on any atom is -0.469 e. The Labute approximate surface area is 204 Å². The average Bonchev–Trinajstić information content (AvgIpc) is 3.67. The quantitative estimate of drug-likeness (QED) is 0.386. The number of hydrogen-bond acceptors (Lipinski definition) is 5. The van der Waals surface area contributed by atoms with Gasteiger partial charge in [-0.25, -0.2) is 4.39 Å². The van der Waals surface area contributed by atoms with Gasteiger partial charge in [-0.2, -0.15) is 0 Å². The van der Waals surface area contributed by atoms with Gasteiger partial charge < -0.3 is 14.2 Å². The van der Waals surface area contributed by atoms with E-state index in [1.54, 1.807) is 0 Å². The molecule has 6 heteroatoms. The number of aromatic nitrogens is 1. The molecule has 0 radical (unpaired) electrons. The Hall–Kier alpha value is -3.09. The molecule has 2 aliphatic rings. The van der Waals surface area contributed by atoms with Crippen molar-refractivity contribution in [3.05, 3.63) is 71.7 Å². The minimum absolute atomic E-state index is 0.180. The van der Waals surface area contributed by atoms with Gasteiger partial charge in [0.15, 0.2) is 5.79 Å². The second-order valence-electron chi connectivity index (χ2n) is 9.76. The van der Waals surface area contributed by atoms with Crippen molar-refractivity contribution in [3.8, 4) is 11.1 Å². The topological polar surface area (TPSA) is 57.7 Å². The lowest BCUT2D eigenvalue weighted by molar-refractivity contribution is -0.290. The highest BCUT2D eigenvalue weighted by Gasteiger charge is 2.36.